The number of phenolic OH excluding ortho intramolecular Hbond substituents is 1. The Hall–Kier alpha value is -3.23. The van der Waals surface area contributed by atoms with Gasteiger partial charge in [0.2, 0.25) is 5.88 Å². The summed E-state index contributed by atoms with van der Waals surface area (Å²) in [5, 5.41) is 19.1. The first kappa shape index (κ1) is 19.5. The molecule has 0 atom stereocenters. The standard InChI is InChI=1S/C20H20N2O5S/c1-13(15-3-2-4-16(23)12-15)22-27-10-9-26-17-7-5-14(6-8-17)11-18-19(24)21-20(25)28-18/h2-8,12,22-24H,1,9-11H2,(H,21,25). The zero-order valence-electron chi connectivity index (χ0n) is 15.0. The molecule has 0 aliphatic heterocycles. The van der Waals surface area contributed by atoms with Gasteiger partial charge >= 0.3 is 4.87 Å². The van der Waals surface area contributed by atoms with Crippen molar-refractivity contribution in [2.75, 3.05) is 13.2 Å². The molecule has 146 valence electrons. The number of phenols is 1. The number of rotatable bonds is 9. The summed E-state index contributed by atoms with van der Waals surface area (Å²) >= 11 is 0.997. The molecule has 4 N–H and O–H groups in total. The molecule has 3 aromatic rings. The van der Waals surface area contributed by atoms with Crippen molar-refractivity contribution in [1.82, 2.24) is 10.5 Å². The van der Waals surface area contributed by atoms with Crippen LogP contribution in [0.2, 0.25) is 0 Å². The number of aromatic amines is 1. The summed E-state index contributed by atoms with van der Waals surface area (Å²) in [5.74, 6) is 0.769. The Kier molecular flexibility index (Phi) is 6.36. The van der Waals surface area contributed by atoms with E-state index in [4.69, 9.17) is 9.57 Å². The molecule has 0 radical (unpaired) electrons. The summed E-state index contributed by atoms with van der Waals surface area (Å²) in [4.78, 5) is 19.2. The molecular weight excluding hydrogens is 380 g/mol. The molecule has 0 bridgehead atoms. The molecule has 0 saturated carbocycles. The highest BCUT2D eigenvalue weighted by molar-refractivity contribution is 7.09. The van der Waals surface area contributed by atoms with Gasteiger partial charge in [-0.05, 0) is 29.8 Å². The summed E-state index contributed by atoms with van der Waals surface area (Å²) < 4.78 is 5.61. The average molecular weight is 400 g/mol. The van der Waals surface area contributed by atoms with Crippen molar-refractivity contribution in [3.63, 3.8) is 0 Å². The quantitative estimate of drug-likeness (QED) is 0.325. The second-order valence-corrected chi connectivity index (χ2v) is 7.00. The lowest BCUT2D eigenvalue weighted by molar-refractivity contribution is 0.0541. The topological polar surface area (TPSA) is 104 Å². The number of thiazole rings is 1. The van der Waals surface area contributed by atoms with Crippen LogP contribution in [0.15, 0.2) is 59.9 Å². The van der Waals surface area contributed by atoms with Gasteiger partial charge in [-0.2, -0.15) is 0 Å². The van der Waals surface area contributed by atoms with Crippen LogP contribution < -0.4 is 15.1 Å². The van der Waals surface area contributed by atoms with E-state index in [0.29, 0.717) is 36.0 Å². The van der Waals surface area contributed by atoms with E-state index in [0.717, 1.165) is 22.5 Å². The largest absolute Gasteiger partial charge is 0.508 e. The lowest BCUT2D eigenvalue weighted by atomic mass is 10.1. The minimum atomic E-state index is -0.271. The van der Waals surface area contributed by atoms with Gasteiger partial charge in [-0.3, -0.25) is 20.1 Å². The number of aromatic hydroxyl groups is 2. The van der Waals surface area contributed by atoms with E-state index < -0.39 is 0 Å². The highest BCUT2D eigenvalue weighted by Crippen LogP contribution is 2.21. The first-order valence-corrected chi connectivity index (χ1v) is 9.32. The number of hydrogen-bond donors (Lipinski definition) is 4. The normalized spacial score (nSPS) is 10.6. The summed E-state index contributed by atoms with van der Waals surface area (Å²) in [6.45, 7) is 4.48. The number of aromatic nitrogens is 1. The van der Waals surface area contributed by atoms with E-state index in [-0.39, 0.29) is 16.5 Å². The van der Waals surface area contributed by atoms with Crippen molar-refractivity contribution in [1.29, 1.82) is 0 Å². The van der Waals surface area contributed by atoms with Gasteiger partial charge in [0, 0.05) is 12.0 Å². The smallest absolute Gasteiger partial charge is 0.307 e. The third kappa shape index (κ3) is 5.38. The number of nitrogens with one attached hydrogen (secondary N) is 2. The van der Waals surface area contributed by atoms with Crippen molar-refractivity contribution in [3.05, 3.63) is 80.8 Å². The monoisotopic (exact) mass is 400 g/mol. The van der Waals surface area contributed by atoms with Crippen molar-refractivity contribution >= 4 is 17.0 Å². The molecule has 0 spiro atoms. The van der Waals surface area contributed by atoms with Gasteiger partial charge in [0.15, 0.2) is 0 Å². The van der Waals surface area contributed by atoms with Gasteiger partial charge in [-0.15, -0.1) is 0 Å². The van der Waals surface area contributed by atoms with Gasteiger partial charge in [0.05, 0.1) is 10.6 Å². The number of hydroxylamine groups is 1. The molecule has 0 aliphatic carbocycles. The van der Waals surface area contributed by atoms with E-state index >= 15 is 0 Å². The summed E-state index contributed by atoms with van der Waals surface area (Å²) in [7, 11) is 0. The van der Waals surface area contributed by atoms with Crippen LogP contribution in [0.25, 0.3) is 5.70 Å². The van der Waals surface area contributed by atoms with E-state index in [2.05, 4.69) is 17.0 Å². The lowest BCUT2D eigenvalue weighted by Crippen LogP contribution is -2.17. The van der Waals surface area contributed by atoms with Gasteiger partial charge in [-0.1, -0.05) is 42.2 Å². The van der Waals surface area contributed by atoms with E-state index in [1.54, 1.807) is 18.2 Å². The van der Waals surface area contributed by atoms with Gasteiger partial charge in [-0.25, -0.2) is 0 Å². The fourth-order valence-corrected chi connectivity index (χ4v) is 3.21. The van der Waals surface area contributed by atoms with Crippen molar-refractivity contribution in [2.45, 2.75) is 6.42 Å². The van der Waals surface area contributed by atoms with Crippen molar-refractivity contribution in [3.8, 4) is 17.4 Å². The Bertz CT molecular complexity index is 994. The maximum absolute atomic E-state index is 11.2. The highest BCUT2D eigenvalue weighted by atomic mass is 32.1. The molecular formula is C20H20N2O5S. The van der Waals surface area contributed by atoms with Crippen LogP contribution in [0.5, 0.6) is 17.4 Å². The molecule has 28 heavy (non-hydrogen) atoms. The van der Waals surface area contributed by atoms with Crippen LogP contribution >= 0.6 is 11.3 Å². The number of hydrogen-bond acceptors (Lipinski definition) is 7. The average Bonchev–Trinajstić information content (AvgIpc) is 2.99. The van der Waals surface area contributed by atoms with E-state index in [1.165, 1.54) is 0 Å². The Morgan fingerprint density at radius 2 is 1.93 bits per heavy atom. The molecule has 0 amide bonds. The summed E-state index contributed by atoms with van der Waals surface area (Å²) in [6, 6.07) is 14.1. The first-order chi connectivity index (χ1) is 13.5. The molecule has 1 aromatic heterocycles. The van der Waals surface area contributed by atoms with Crippen LogP contribution in [0.4, 0.5) is 0 Å². The Balaban J connectivity index is 1.40. The van der Waals surface area contributed by atoms with Gasteiger partial charge < -0.3 is 14.9 Å². The molecule has 8 heteroatoms. The molecule has 0 saturated heterocycles. The van der Waals surface area contributed by atoms with Crippen LogP contribution in [-0.4, -0.2) is 28.4 Å². The molecule has 2 aromatic carbocycles. The van der Waals surface area contributed by atoms with Crippen molar-refractivity contribution in [2.24, 2.45) is 0 Å². The van der Waals surface area contributed by atoms with Crippen LogP contribution in [0.1, 0.15) is 16.0 Å². The molecule has 7 nitrogen and oxygen atoms in total. The molecule has 1 heterocycles. The summed E-state index contributed by atoms with van der Waals surface area (Å²) in [5.41, 5.74) is 4.95. The Morgan fingerprint density at radius 1 is 1.14 bits per heavy atom. The molecule has 3 rings (SSSR count). The minimum absolute atomic E-state index is 0.0766. The first-order valence-electron chi connectivity index (χ1n) is 8.50. The zero-order valence-corrected chi connectivity index (χ0v) is 15.8. The van der Waals surface area contributed by atoms with Gasteiger partial charge in [0.25, 0.3) is 0 Å². The highest BCUT2D eigenvalue weighted by Gasteiger charge is 2.07. The maximum Gasteiger partial charge on any atom is 0.307 e. The van der Waals surface area contributed by atoms with Crippen molar-refractivity contribution < 1.29 is 19.8 Å². The number of ether oxygens (including phenoxy) is 1. The predicted molar refractivity (Wildman–Crippen MR) is 108 cm³/mol. The van der Waals surface area contributed by atoms with E-state index in [9.17, 15) is 15.0 Å². The molecule has 0 unspecified atom stereocenters. The number of H-pyrrole nitrogens is 1. The SMILES string of the molecule is C=C(NOCCOc1ccc(Cc2sc(=O)[nH]c2O)cc1)c1cccc(O)c1. The predicted octanol–water partition coefficient (Wildman–Crippen LogP) is 3.01. The maximum atomic E-state index is 11.2. The zero-order chi connectivity index (χ0) is 19.9. The van der Waals surface area contributed by atoms with Crippen LogP contribution in [-0.2, 0) is 11.3 Å². The van der Waals surface area contributed by atoms with Crippen LogP contribution in [0.3, 0.4) is 0 Å². The minimum Gasteiger partial charge on any atom is -0.508 e. The Morgan fingerprint density at radius 3 is 2.61 bits per heavy atom. The second kappa shape index (κ2) is 9.12. The lowest BCUT2D eigenvalue weighted by Gasteiger charge is -2.11. The third-order valence-corrected chi connectivity index (χ3v) is 4.70. The fourth-order valence-electron chi connectivity index (χ4n) is 2.45. The van der Waals surface area contributed by atoms with Gasteiger partial charge in [0.1, 0.15) is 24.7 Å². The fraction of sp³-hybridized carbons (Fsp3) is 0.150. The van der Waals surface area contributed by atoms with E-state index in [1.807, 2.05) is 30.3 Å². The number of benzene rings is 2. The third-order valence-electron chi connectivity index (χ3n) is 3.83. The second-order valence-electron chi connectivity index (χ2n) is 5.93. The Labute approximate surface area is 165 Å². The summed E-state index contributed by atoms with van der Waals surface area (Å²) in [6.07, 6.45) is 0.472. The molecule has 0 fully saturated rings. The molecule has 0 aliphatic rings. The van der Waals surface area contributed by atoms with Crippen LogP contribution in [0, 0.1) is 0 Å².